The van der Waals surface area contributed by atoms with Gasteiger partial charge in [0.2, 0.25) is 11.9 Å². The third kappa shape index (κ3) is 3.94. The van der Waals surface area contributed by atoms with E-state index in [1.54, 1.807) is 5.38 Å². The summed E-state index contributed by atoms with van der Waals surface area (Å²) >= 11 is 1.26. The largest absolute Gasteiger partial charge is 0.478 e. The lowest BCUT2D eigenvalue weighted by Gasteiger charge is -2.31. The minimum Gasteiger partial charge on any atom is -0.478 e. The number of fused-ring (bicyclic) bond motifs is 1. The number of piperidine rings is 1. The molecule has 1 saturated heterocycles. The lowest BCUT2D eigenvalue weighted by atomic mass is 9.93. The molecule has 3 heterocycles. The van der Waals surface area contributed by atoms with Crippen molar-refractivity contribution < 1.29 is 14.7 Å². The molecule has 2 aromatic heterocycles. The van der Waals surface area contributed by atoms with Crippen LogP contribution in [0.15, 0.2) is 35.0 Å². The van der Waals surface area contributed by atoms with Crippen molar-refractivity contribution in [1.82, 2.24) is 15.2 Å². The van der Waals surface area contributed by atoms with E-state index in [-0.39, 0.29) is 17.4 Å². The summed E-state index contributed by atoms with van der Waals surface area (Å²) in [6, 6.07) is 7.63. The van der Waals surface area contributed by atoms with Crippen LogP contribution in [0.5, 0.6) is 0 Å². The topological polar surface area (TPSA) is 108 Å². The summed E-state index contributed by atoms with van der Waals surface area (Å²) in [4.78, 5) is 30.1. The Balaban J connectivity index is 1.32. The third-order valence-corrected chi connectivity index (χ3v) is 5.63. The highest BCUT2D eigenvalue weighted by Gasteiger charge is 2.24. The van der Waals surface area contributed by atoms with Gasteiger partial charge in [-0.25, -0.2) is 9.78 Å². The fourth-order valence-corrected chi connectivity index (χ4v) is 4.12. The minimum atomic E-state index is -1.03. The zero-order chi connectivity index (χ0) is 19.5. The van der Waals surface area contributed by atoms with Crippen LogP contribution in [0.3, 0.4) is 0 Å². The van der Waals surface area contributed by atoms with Crippen molar-refractivity contribution in [2.75, 3.05) is 23.3 Å². The molecular weight excluding hydrogens is 378 g/mol. The van der Waals surface area contributed by atoms with E-state index in [2.05, 4.69) is 25.4 Å². The molecule has 3 aromatic rings. The van der Waals surface area contributed by atoms with Crippen molar-refractivity contribution in [3.8, 4) is 0 Å². The zero-order valence-electron chi connectivity index (χ0n) is 15.0. The fourth-order valence-electron chi connectivity index (χ4n) is 3.37. The number of carbonyl (C=O) groups is 2. The highest BCUT2D eigenvalue weighted by Crippen LogP contribution is 2.25. The zero-order valence-corrected chi connectivity index (χ0v) is 15.9. The molecule has 1 amide bonds. The maximum Gasteiger partial charge on any atom is 0.338 e. The number of carbonyl (C=O) groups excluding carboxylic acids is 1. The second-order valence-corrected chi connectivity index (χ2v) is 7.53. The van der Waals surface area contributed by atoms with E-state index >= 15 is 0 Å². The molecule has 1 aliphatic rings. The van der Waals surface area contributed by atoms with Crippen LogP contribution < -0.4 is 10.2 Å². The van der Waals surface area contributed by atoms with E-state index in [9.17, 15) is 9.59 Å². The Hall–Kier alpha value is -3.07. The number of nitrogens with zero attached hydrogens (tertiary/aromatic N) is 4. The quantitative estimate of drug-likeness (QED) is 0.681. The van der Waals surface area contributed by atoms with Crippen molar-refractivity contribution in [3.63, 3.8) is 0 Å². The molecule has 0 saturated carbocycles. The van der Waals surface area contributed by atoms with E-state index < -0.39 is 5.97 Å². The van der Waals surface area contributed by atoms with Gasteiger partial charge in [0.15, 0.2) is 0 Å². The number of amides is 1. The van der Waals surface area contributed by atoms with Crippen molar-refractivity contribution in [2.24, 2.45) is 5.92 Å². The number of carboxylic acids is 1. The van der Waals surface area contributed by atoms with Gasteiger partial charge in [0.1, 0.15) is 5.52 Å². The van der Waals surface area contributed by atoms with Gasteiger partial charge in [-0.15, -0.1) is 21.5 Å². The molecule has 1 fully saturated rings. The number of carboxylic acid groups (broad SMARTS) is 1. The predicted octanol–water partition coefficient (Wildman–Crippen LogP) is 3.03. The van der Waals surface area contributed by atoms with Gasteiger partial charge in [0.05, 0.1) is 16.8 Å². The van der Waals surface area contributed by atoms with Crippen LogP contribution in [0.25, 0.3) is 11.0 Å². The molecule has 0 unspecified atom stereocenters. The van der Waals surface area contributed by atoms with E-state index in [1.165, 1.54) is 16.7 Å². The highest BCUT2D eigenvalue weighted by atomic mass is 32.1. The van der Waals surface area contributed by atoms with Gasteiger partial charge in [0.25, 0.3) is 0 Å². The maximum absolute atomic E-state index is 12.3. The molecule has 28 heavy (non-hydrogen) atoms. The molecule has 1 aromatic carbocycles. The number of hydrogen-bond donors (Lipinski definition) is 2. The standard InChI is InChI=1S/C19H19N5O3S/c25-17(20-16-11-28-10-13(16)18(26)27)9-12-5-7-24(8-6-12)19-21-14-3-1-2-4-15(14)22-23-19/h1-4,10-12H,5-9H2,(H,20,25)(H,26,27). The summed E-state index contributed by atoms with van der Waals surface area (Å²) < 4.78 is 0. The van der Waals surface area contributed by atoms with Gasteiger partial charge in [-0.3, -0.25) is 4.79 Å². The molecule has 8 nitrogen and oxygen atoms in total. The number of nitrogens with one attached hydrogen (secondary N) is 1. The Labute approximate surface area is 165 Å². The van der Waals surface area contributed by atoms with Crippen molar-refractivity contribution >= 4 is 45.9 Å². The molecule has 2 N–H and O–H groups in total. The molecule has 9 heteroatoms. The molecule has 1 aliphatic heterocycles. The molecule has 144 valence electrons. The van der Waals surface area contributed by atoms with Gasteiger partial charge < -0.3 is 15.3 Å². The number of anilines is 2. The normalized spacial score (nSPS) is 14.9. The second-order valence-electron chi connectivity index (χ2n) is 6.79. The first-order valence-corrected chi connectivity index (χ1v) is 9.98. The van der Waals surface area contributed by atoms with Gasteiger partial charge in [-0.2, -0.15) is 0 Å². The van der Waals surface area contributed by atoms with Crippen molar-refractivity contribution in [1.29, 1.82) is 0 Å². The summed E-state index contributed by atoms with van der Waals surface area (Å²) in [6.45, 7) is 1.52. The first kappa shape index (κ1) is 18.3. The van der Waals surface area contributed by atoms with Crippen LogP contribution >= 0.6 is 11.3 Å². The van der Waals surface area contributed by atoms with E-state index in [4.69, 9.17) is 5.11 Å². The van der Waals surface area contributed by atoms with Crippen LogP contribution in [0.2, 0.25) is 0 Å². The molecular formula is C19H19N5O3S. The number of benzene rings is 1. The number of aromatic carboxylic acids is 1. The molecule has 0 bridgehead atoms. The van der Waals surface area contributed by atoms with E-state index in [1.807, 2.05) is 24.3 Å². The number of rotatable bonds is 5. The van der Waals surface area contributed by atoms with E-state index in [0.717, 1.165) is 37.0 Å². The number of para-hydroxylation sites is 1. The summed E-state index contributed by atoms with van der Waals surface area (Å²) in [5.41, 5.74) is 2.09. The SMILES string of the molecule is O=C(CC1CCN(c2nnc3ccccc3n2)CC1)Nc1cscc1C(=O)O. The van der Waals surface area contributed by atoms with Crippen molar-refractivity contribution in [2.45, 2.75) is 19.3 Å². The molecule has 0 spiro atoms. The molecule has 0 atom stereocenters. The Morgan fingerprint density at radius 3 is 2.64 bits per heavy atom. The van der Waals surface area contributed by atoms with Gasteiger partial charge in [0, 0.05) is 30.3 Å². The first-order chi connectivity index (χ1) is 13.6. The Morgan fingerprint density at radius 2 is 1.89 bits per heavy atom. The summed E-state index contributed by atoms with van der Waals surface area (Å²) in [6.07, 6.45) is 2.07. The molecule has 4 rings (SSSR count). The van der Waals surface area contributed by atoms with Crippen molar-refractivity contribution in [3.05, 3.63) is 40.6 Å². The molecule has 0 aliphatic carbocycles. The summed E-state index contributed by atoms with van der Waals surface area (Å²) in [7, 11) is 0. The third-order valence-electron chi connectivity index (χ3n) is 4.89. The fraction of sp³-hybridized carbons (Fsp3) is 0.316. The number of thiophene rings is 1. The Bertz CT molecular complexity index is 1010. The highest BCUT2D eigenvalue weighted by molar-refractivity contribution is 7.08. The van der Waals surface area contributed by atoms with Crippen LogP contribution in [-0.2, 0) is 4.79 Å². The van der Waals surface area contributed by atoms with Crippen LogP contribution in [0, 0.1) is 5.92 Å². The predicted molar refractivity (Wildman–Crippen MR) is 107 cm³/mol. The monoisotopic (exact) mass is 397 g/mol. The molecule has 0 radical (unpaired) electrons. The van der Waals surface area contributed by atoms with Gasteiger partial charge in [-0.1, -0.05) is 12.1 Å². The van der Waals surface area contributed by atoms with Gasteiger partial charge in [-0.05, 0) is 30.9 Å². The lowest BCUT2D eigenvalue weighted by Crippen LogP contribution is -2.36. The maximum atomic E-state index is 12.3. The van der Waals surface area contributed by atoms with Crippen LogP contribution in [0.1, 0.15) is 29.6 Å². The number of aromatic nitrogens is 3. The summed E-state index contributed by atoms with van der Waals surface area (Å²) in [5.74, 6) is -0.320. The smallest absolute Gasteiger partial charge is 0.338 e. The van der Waals surface area contributed by atoms with E-state index in [0.29, 0.717) is 18.1 Å². The Kier molecular flexibility index (Phi) is 5.16. The number of hydrogen-bond acceptors (Lipinski definition) is 7. The Morgan fingerprint density at radius 1 is 1.14 bits per heavy atom. The minimum absolute atomic E-state index is 0.133. The lowest BCUT2D eigenvalue weighted by molar-refractivity contribution is -0.117. The van der Waals surface area contributed by atoms with Crippen LogP contribution in [0.4, 0.5) is 11.6 Å². The average molecular weight is 397 g/mol. The van der Waals surface area contributed by atoms with Crippen LogP contribution in [-0.4, -0.2) is 45.3 Å². The second kappa shape index (κ2) is 7.89. The first-order valence-electron chi connectivity index (χ1n) is 9.04. The van der Waals surface area contributed by atoms with Gasteiger partial charge >= 0.3 is 5.97 Å². The average Bonchev–Trinajstić information content (AvgIpc) is 3.16. The summed E-state index contributed by atoms with van der Waals surface area (Å²) in [5, 5.41) is 23.5.